The Kier molecular flexibility index (Phi) is 6.75. The van der Waals surface area contributed by atoms with Gasteiger partial charge in [-0.3, -0.25) is 4.79 Å². The van der Waals surface area contributed by atoms with Crippen molar-refractivity contribution in [1.29, 1.82) is 0 Å². The number of likely N-dealkylation sites (tertiary alicyclic amines) is 1. The van der Waals surface area contributed by atoms with Gasteiger partial charge in [-0.2, -0.15) is 5.10 Å². The molecule has 0 radical (unpaired) electrons. The first kappa shape index (κ1) is 25.7. The fraction of sp³-hybridized carbons (Fsp3) is 0.333. The van der Waals surface area contributed by atoms with Gasteiger partial charge >= 0.3 is 0 Å². The molecule has 0 spiro atoms. The summed E-state index contributed by atoms with van der Waals surface area (Å²) in [7, 11) is 3.94. The zero-order valence-electron chi connectivity index (χ0n) is 23.1. The molecule has 1 atom stereocenters. The van der Waals surface area contributed by atoms with Gasteiger partial charge < -0.3 is 25.6 Å². The molecule has 1 saturated heterocycles. The van der Waals surface area contributed by atoms with Crippen LogP contribution in [0.25, 0.3) is 22.3 Å². The zero-order chi connectivity index (χ0) is 27.8. The number of piperidine rings is 1. The highest BCUT2D eigenvalue weighted by molar-refractivity contribution is 6.06. The van der Waals surface area contributed by atoms with E-state index in [2.05, 4.69) is 32.5 Å². The molecule has 4 aromatic rings. The smallest absolute Gasteiger partial charge is 0.255 e. The molecule has 6 rings (SSSR count). The molecule has 2 aromatic heterocycles. The maximum Gasteiger partial charge on any atom is 0.255 e. The third kappa shape index (κ3) is 4.59. The van der Waals surface area contributed by atoms with E-state index in [0.29, 0.717) is 30.1 Å². The number of amides is 1. The van der Waals surface area contributed by atoms with Gasteiger partial charge in [0.25, 0.3) is 5.91 Å². The lowest BCUT2D eigenvalue weighted by molar-refractivity contribution is 0.102. The van der Waals surface area contributed by atoms with E-state index in [4.69, 9.17) is 15.6 Å². The van der Waals surface area contributed by atoms with Crippen LogP contribution >= 0.6 is 0 Å². The average Bonchev–Trinajstić information content (AvgIpc) is 3.60. The first-order chi connectivity index (χ1) is 19.4. The molecule has 2 aliphatic heterocycles. The number of nitrogens with two attached hydrogens (primary N) is 1. The Labute approximate surface area is 233 Å². The van der Waals surface area contributed by atoms with Crippen LogP contribution in [0.2, 0.25) is 0 Å². The van der Waals surface area contributed by atoms with Gasteiger partial charge in [-0.1, -0.05) is 6.08 Å². The molecule has 1 fully saturated rings. The maximum absolute atomic E-state index is 13.1. The van der Waals surface area contributed by atoms with Gasteiger partial charge in [0, 0.05) is 61.7 Å². The number of hydrogen-bond donors (Lipinski definition) is 2. The molecule has 4 heterocycles. The van der Waals surface area contributed by atoms with Crippen molar-refractivity contribution in [1.82, 2.24) is 24.6 Å². The molecule has 2 aliphatic rings. The van der Waals surface area contributed by atoms with E-state index in [0.717, 1.165) is 65.2 Å². The van der Waals surface area contributed by atoms with Gasteiger partial charge in [-0.15, -0.1) is 0 Å². The monoisotopic (exact) mass is 538 g/mol. The second-order valence-corrected chi connectivity index (χ2v) is 10.5. The SMILES string of the molecule is CC=CN1CCC[C@@H](n2nc(-c3ccc(NC(=O)c4ccc(N(C)C)cc4)c4c3OCC4)c3c(N)ncnc32)C1. The topological polar surface area (TPSA) is 114 Å². The number of carbonyl (C=O) groups is 1. The number of nitrogen functional groups attached to an aromatic ring is 1. The summed E-state index contributed by atoms with van der Waals surface area (Å²) in [5, 5.41) is 8.90. The number of fused-ring (bicyclic) bond motifs is 2. The van der Waals surface area contributed by atoms with Crippen molar-refractivity contribution in [3.63, 3.8) is 0 Å². The summed E-state index contributed by atoms with van der Waals surface area (Å²) >= 11 is 0. The van der Waals surface area contributed by atoms with E-state index < -0.39 is 0 Å². The third-order valence-corrected chi connectivity index (χ3v) is 7.66. The number of allylic oxidation sites excluding steroid dienone is 1. The van der Waals surface area contributed by atoms with Gasteiger partial charge in [-0.05, 0) is 62.4 Å². The molecule has 2 aromatic carbocycles. The van der Waals surface area contributed by atoms with Crippen LogP contribution < -0.4 is 20.7 Å². The van der Waals surface area contributed by atoms with Crippen molar-refractivity contribution in [2.45, 2.75) is 32.2 Å². The molecule has 3 N–H and O–H groups in total. The van der Waals surface area contributed by atoms with Crippen LogP contribution in [0, 0.1) is 0 Å². The van der Waals surface area contributed by atoms with Crippen molar-refractivity contribution >= 4 is 34.1 Å². The Bertz CT molecular complexity index is 1590. The number of nitrogens with one attached hydrogen (secondary N) is 1. The highest BCUT2D eigenvalue weighted by atomic mass is 16.5. The van der Waals surface area contributed by atoms with Crippen molar-refractivity contribution in [3.8, 4) is 17.0 Å². The van der Waals surface area contributed by atoms with Gasteiger partial charge in [0.15, 0.2) is 5.65 Å². The Morgan fingerprint density at radius 2 is 2.00 bits per heavy atom. The van der Waals surface area contributed by atoms with Crippen LogP contribution in [-0.2, 0) is 6.42 Å². The summed E-state index contributed by atoms with van der Waals surface area (Å²) in [4.78, 5) is 26.3. The van der Waals surface area contributed by atoms with Crippen molar-refractivity contribution in [2.75, 3.05) is 49.7 Å². The second-order valence-electron chi connectivity index (χ2n) is 10.5. The highest BCUT2D eigenvalue weighted by Crippen LogP contribution is 2.44. The number of hydrogen-bond acceptors (Lipinski definition) is 8. The van der Waals surface area contributed by atoms with Crippen LogP contribution in [-0.4, -0.2) is 64.3 Å². The van der Waals surface area contributed by atoms with Crippen molar-refractivity contribution < 1.29 is 9.53 Å². The van der Waals surface area contributed by atoms with Crippen LogP contribution in [0.5, 0.6) is 5.75 Å². The van der Waals surface area contributed by atoms with Crippen molar-refractivity contribution in [2.24, 2.45) is 0 Å². The lowest BCUT2D eigenvalue weighted by Crippen LogP contribution is -2.33. The first-order valence-electron chi connectivity index (χ1n) is 13.7. The molecule has 0 aliphatic carbocycles. The van der Waals surface area contributed by atoms with E-state index in [1.807, 2.05) is 67.0 Å². The van der Waals surface area contributed by atoms with Gasteiger partial charge in [-0.25, -0.2) is 14.6 Å². The fourth-order valence-electron chi connectivity index (χ4n) is 5.67. The van der Waals surface area contributed by atoms with Gasteiger partial charge in [0.1, 0.15) is 23.6 Å². The van der Waals surface area contributed by atoms with Gasteiger partial charge in [0.2, 0.25) is 0 Å². The number of ether oxygens (including phenoxy) is 1. The Morgan fingerprint density at radius 1 is 1.18 bits per heavy atom. The Morgan fingerprint density at radius 3 is 2.77 bits per heavy atom. The molecular weight excluding hydrogens is 504 g/mol. The van der Waals surface area contributed by atoms with Gasteiger partial charge in [0.05, 0.1) is 18.0 Å². The minimum absolute atomic E-state index is 0.155. The highest BCUT2D eigenvalue weighted by Gasteiger charge is 2.29. The largest absolute Gasteiger partial charge is 0.492 e. The zero-order valence-corrected chi connectivity index (χ0v) is 23.1. The third-order valence-electron chi connectivity index (χ3n) is 7.66. The minimum Gasteiger partial charge on any atom is -0.492 e. The second kappa shape index (κ2) is 10.5. The number of anilines is 3. The number of nitrogens with zero attached hydrogens (tertiary/aromatic N) is 6. The standard InChI is InChI=1S/C30H34N8O2/c1-4-14-37-15-5-6-21(17-37)38-29-25(28(31)32-18-33-29)26(35-38)23-11-12-24(22-13-16-40-27(22)23)34-30(39)19-7-9-20(10-8-19)36(2)3/h4,7-12,14,18,21H,5-6,13,15-17H2,1-3H3,(H,34,39)(H2,31,32,33)/t21-/m1/s1. The predicted octanol–water partition coefficient (Wildman–Crippen LogP) is 4.50. The quantitative estimate of drug-likeness (QED) is 0.369. The Balaban J connectivity index is 1.37. The van der Waals surface area contributed by atoms with E-state index >= 15 is 0 Å². The molecule has 0 unspecified atom stereocenters. The molecular formula is C30H34N8O2. The molecule has 0 bridgehead atoms. The van der Waals surface area contributed by atoms with Crippen LogP contribution in [0.3, 0.4) is 0 Å². The molecule has 206 valence electrons. The number of carbonyl (C=O) groups excluding carboxylic acids is 1. The summed E-state index contributed by atoms with van der Waals surface area (Å²) in [6, 6.07) is 11.6. The molecule has 10 heteroatoms. The number of aromatic nitrogens is 4. The lowest BCUT2D eigenvalue weighted by Gasteiger charge is -2.32. The van der Waals surface area contributed by atoms with E-state index in [1.165, 1.54) is 6.33 Å². The lowest BCUT2D eigenvalue weighted by atomic mass is 10.0. The molecule has 10 nitrogen and oxygen atoms in total. The summed E-state index contributed by atoms with van der Waals surface area (Å²) in [5.74, 6) is 0.940. The van der Waals surface area contributed by atoms with Crippen molar-refractivity contribution in [3.05, 3.63) is 66.1 Å². The van der Waals surface area contributed by atoms with E-state index in [-0.39, 0.29) is 11.9 Å². The maximum atomic E-state index is 13.1. The summed E-state index contributed by atoms with van der Waals surface area (Å²) in [5.41, 5.74) is 12.0. The predicted molar refractivity (Wildman–Crippen MR) is 158 cm³/mol. The number of rotatable bonds is 6. The van der Waals surface area contributed by atoms with E-state index in [1.54, 1.807) is 0 Å². The summed E-state index contributed by atoms with van der Waals surface area (Å²) < 4.78 is 8.15. The van der Waals surface area contributed by atoms with Crippen LogP contribution in [0.15, 0.2) is 55.0 Å². The molecule has 0 saturated carbocycles. The molecule has 1 amide bonds. The Hall–Kier alpha value is -4.60. The minimum atomic E-state index is -0.164. The van der Waals surface area contributed by atoms with Crippen LogP contribution in [0.1, 0.15) is 41.7 Å². The summed E-state index contributed by atoms with van der Waals surface area (Å²) in [6.45, 7) is 4.43. The average molecular weight is 539 g/mol. The first-order valence-corrected chi connectivity index (χ1v) is 13.7. The summed E-state index contributed by atoms with van der Waals surface area (Å²) in [6.07, 6.45) is 8.45. The van der Waals surface area contributed by atoms with Crippen LogP contribution in [0.4, 0.5) is 17.2 Å². The number of benzene rings is 2. The fourth-order valence-corrected chi connectivity index (χ4v) is 5.67. The van der Waals surface area contributed by atoms with E-state index in [9.17, 15) is 4.79 Å². The normalized spacial score (nSPS) is 16.8. The molecule has 40 heavy (non-hydrogen) atoms.